The van der Waals surface area contributed by atoms with Crippen molar-refractivity contribution in [1.82, 2.24) is 9.97 Å². The van der Waals surface area contributed by atoms with Crippen LogP contribution in [0.15, 0.2) is 53.8 Å². The number of anilines is 1. The fraction of sp³-hybridized carbons (Fsp3) is 0.150. The van der Waals surface area contributed by atoms with Crippen LogP contribution in [0.1, 0.15) is 16.1 Å². The van der Waals surface area contributed by atoms with Gasteiger partial charge >= 0.3 is 0 Å². The third-order valence-corrected chi connectivity index (χ3v) is 5.08. The Morgan fingerprint density at radius 1 is 1.17 bits per heavy atom. The largest absolute Gasteiger partial charge is 0.497 e. The zero-order valence-corrected chi connectivity index (χ0v) is 17.2. The molecule has 29 heavy (non-hydrogen) atoms. The van der Waals surface area contributed by atoms with E-state index in [0.717, 1.165) is 5.56 Å². The van der Waals surface area contributed by atoms with Crippen molar-refractivity contribution in [3.8, 4) is 11.5 Å². The molecular weight excluding hydrogens is 417 g/mol. The van der Waals surface area contributed by atoms with E-state index in [1.165, 1.54) is 37.2 Å². The first-order chi connectivity index (χ1) is 14.0. The van der Waals surface area contributed by atoms with Gasteiger partial charge < -0.3 is 14.8 Å². The van der Waals surface area contributed by atoms with E-state index in [0.29, 0.717) is 28.1 Å². The van der Waals surface area contributed by atoms with E-state index in [1.54, 1.807) is 37.4 Å². The summed E-state index contributed by atoms with van der Waals surface area (Å²) < 4.78 is 23.4. The number of ether oxygens (including phenoxy) is 2. The van der Waals surface area contributed by atoms with Gasteiger partial charge in [0.15, 0.2) is 10.9 Å². The number of benzene rings is 2. The Bertz CT molecular complexity index is 1020. The Morgan fingerprint density at radius 3 is 2.62 bits per heavy atom. The molecule has 9 heteroatoms. The van der Waals surface area contributed by atoms with Crippen molar-refractivity contribution in [2.24, 2.45) is 0 Å². The van der Waals surface area contributed by atoms with E-state index < -0.39 is 5.91 Å². The lowest BCUT2D eigenvalue weighted by Crippen LogP contribution is -2.15. The first-order valence-electron chi connectivity index (χ1n) is 8.43. The van der Waals surface area contributed by atoms with Crippen LogP contribution in [0.2, 0.25) is 5.02 Å². The smallest absolute Gasteiger partial charge is 0.276 e. The van der Waals surface area contributed by atoms with Crippen molar-refractivity contribution in [1.29, 1.82) is 0 Å². The number of rotatable bonds is 7. The molecule has 0 aliphatic carbocycles. The second-order valence-corrected chi connectivity index (χ2v) is 7.13. The van der Waals surface area contributed by atoms with Crippen molar-refractivity contribution in [2.75, 3.05) is 19.5 Å². The molecule has 0 radical (unpaired) electrons. The highest BCUT2D eigenvalue weighted by atomic mass is 35.5. The molecular formula is C20H17ClFN3O3S. The van der Waals surface area contributed by atoms with Gasteiger partial charge in [-0.1, -0.05) is 35.5 Å². The number of halogens is 2. The minimum atomic E-state index is -0.496. The number of hydrogen-bond donors (Lipinski definition) is 1. The molecule has 1 amide bonds. The number of carbonyl (C=O) groups excluding carboxylic acids is 1. The number of carbonyl (C=O) groups is 1. The minimum absolute atomic E-state index is 0.0427. The highest BCUT2D eigenvalue weighted by Crippen LogP contribution is 2.30. The monoisotopic (exact) mass is 433 g/mol. The van der Waals surface area contributed by atoms with Crippen LogP contribution < -0.4 is 14.8 Å². The summed E-state index contributed by atoms with van der Waals surface area (Å²) >= 11 is 7.44. The molecule has 0 atom stereocenters. The molecule has 0 aliphatic rings. The molecule has 150 valence electrons. The lowest BCUT2D eigenvalue weighted by atomic mass is 10.2. The van der Waals surface area contributed by atoms with Crippen molar-refractivity contribution in [3.63, 3.8) is 0 Å². The molecule has 0 spiro atoms. The van der Waals surface area contributed by atoms with Crippen molar-refractivity contribution in [2.45, 2.75) is 10.9 Å². The van der Waals surface area contributed by atoms with Crippen LogP contribution >= 0.6 is 23.4 Å². The van der Waals surface area contributed by atoms with Crippen LogP contribution in [0, 0.1) is 5.82 Å². The zero-order chi connectivity index (χ0) is 20.8. The Morgan fingerprint density at radius 2 is 1.93 bits per heavy atom. The number of hydrogen-bond acceptors (Lipinski definition) is 6. The molecule has 0 aliphatic heterocycles. The van der Waals surface area contributed by atoms with Gasteiger partial charge in [-0.25, -0.2) is 14.4 Å². The number of thioether (sulfide) groups is 1. The van der Waals surface area contributed by atoms with Crippen LogP contribution in [0.4, 0.5) is 10.1 Å². The predicted molar refractivity (Wildman–Crippen MR) is 111 cm³/mol. The molecule has 1 heterocycles. The molecule has 0 saturated heterocycles. The number of nitrogens with one attached hydrogen (secondary N) is 1. The van der Waals surface area contributed by atoms with Gasteiger partial charge in [-0.2, -0.15) is 0 Å². The molecule has 6 nitrogen and oxygen atoms in total. The average molecular weight is 434 g/mol. The highest BCUT2D eigenvalue weighted by molar-refractivity contribution is 7.98. The lowest BCUT2D eigenvalue weighted by molar-refractivity contribution is 0.102. The van der Waals surface area contributed by atoms with E-state index in [1.807, 2.05) is 0 Å². The minimum Gasteiger partial charge on any atom is -0.497 e. The summed E-state index contributed by atoms with van der Waals surface area (Å²) in [6.45, 7) is 0. The summed E-state index contributed by atoms with van der Waals surface area (Å²) in [5.74, 6) is 0.766. The van der Waals surface area contributed by atoms with Crippen molar-refractivity contribution >= 4 is 35.0 Å². The standard InChI is InChI=1S/C20H17ClFN3O3S/c1-27-14-7-8-16(17(9-14)28-2)24-19(26)18-15(21)10-23-20(25-18)29-11-12-3-5-13(22)6-4-12/h3-10H,11H2,1-2H3,(H,24,26). The van der Waals surface area contributed by atoms with Gasteiger partial charge in [0.1, 0.15) is 17.3 Å². The van der Waals surface area contributed by atoms with Crippen molar-refractivity contribution < 1.29 is 18.7 Å². The topological polar surface area (TPSA) is 73.3 Å². The summed E-state index contributed by atoms with van der Waals surface area (Å²) in [6, 6.07) is 11.2. The van der Waals surface area contributed by atoms with Crippen LogP contribution in [0.25, 0.3) is 0 Å². The lowest BCUT2D eigenvalue weighted by Gasteiger charge is -2.12. The summed E-state index contributed by atoms with van der Waals surface area (Å²) in [7, 11) is 3.03. The van der Waals surface area contributed by atoms with E-state index in [9.17, 15) is 9.18 Å². The van der Waals surface area contributed by atoms with Gasteiger partial charge in [0, 0.05) is 11.8 Å². The fourth-order valence-electron chi connectivity index (χ4n) is 2.39. The number of methoxy groups -OCH3 is 2. The van der Waals surface area contributed by atoms with Crippen LogP contribution in [0.5, 0.6) is 11.5 Å². The quantitative estimate of drug-likeness (QED) is 0.425. The Kier molecular flexibility index (Phi) is 6.90. The number of aromatic nitrogens is 2. The molecule has 0 bridgehead atoms. The van der Waals surface area contributed by atoms with Crippen molar-refractivity contribution in [3.05, 3.63) is 70.8 Å². The van der Waals surface area contributed by atoms with Crippen LogP contribution in [0.3, 0.4) is 0 Å². The summed E-state index contributed by atoms with van der Waals surface area (Å²) in [4.78, 5) is 21.1. The molecule has 1 aromatic heterocycles. The normalized spacial score (nSPS) is 10.5. The first kappa shape index (κ1) is 20.9. The van der Waals surface area contributed by atoms with E-state index in [-0.39, 0.29) is 16.5 Å². The molecule has 0 fully saturated rings. The number of amides is 1. The molecule has 3 aromatic rings. The van der Waals surface area contributed by atoms with Crippen LogP contribution in [-0.4, -0.2) is 30.1 Å². The van der Waals surface area contributed by atoms with Gasteiger partial charge in [-0.15, -0.1) is 0 Å². The molecule has 0 saturated carbocycles. The Labute approximate surface area is 176 Å². The average Bonchev–Trinajstić information content (AvgIpc) is 2.74. The van der Waals surface area contributed by atoms with E-state index >= 15 is 0 Å². The SMILES string of the molecule is COc1ccc(NC(=O)c2nc(SCc3ccc(F)cc3)ncc2Cl)c(OC)c1. The first-order valence-corrected chi connectivity index (χ1v) is 9.79. The maximum Gasteiger partial charge on any atom is 0.276 e. The molecule has 0 unspecified atom stereocenters. The Balaban J connectivity index is 1.75. The Hall–Kier alpha value is -2.84. The molecule has 1 N–H and O–H groups in total. The summed E-state index contributed by atoms with van der Waals surface area (Å²) in [5, 5.41) is 3.24. The molecule has 2 aromatic carbocycles. The fourth-order valence-corrected chi connectivity index (χ4v) is 3.34. The second-order valence-electron chi connectivity index (χ2n) is 5.78. The van der Waals surface area contributed by atoms with Crippen LogP contribution in [-0.2, 0) is 5.75 Å². The zero-order valence-electron chi connectivity index (χ0n) is 15.6. The summed E-state index contributed by atoms with van der Waals surface area (Å²) in [6.07, 6.45) is 1.38. The third kappa shape index (κ3) is 5.36. The van der Waals surface area contributed by atoms with Gasteiger partial charge in [0.2, 0.25) is 0 Å². The summed E-state index contributed by atoms with van der Waals surface area (Å²) in [5.41, 5.74) is 1.40. The van der Waals surface area contributed by atoms with Gasteiger partial charge in [0.25, 0.3) is 5.91 Å². The maximum absolute atomic E-state index is 13.0. The predicted octanol–water partition coefficient (Wildman–Crippen LogP) is 4.83. The van der Waals surface area contributed by atoms with E-state index in [2.05, 4.69) is 15.3 Å². The van der Waals surface area contributed by atoms with Gasteiger partial charge in [0.05, 0.1) is 31.1 Å². The second kappa shape index (κ2) is 9.58. The molecule has 3 rings (SSSR count). The van der Waals surface area contributed by atoms with E-state index in [4.69, 9.17) is 21.1 Å². The maximum atomic E-state index is 13.0. The highest BCUT2D eigenvalue weighted by Gasteiger charge is 2.17. The van der Waals surface area contributed by atoms with Gasteiger partial charge in [-0.3, -0.25) is 4.79 Å². The third-order valence-electron chi connectivity index (χ3n) is 3.88. The number of nitrogens with zero attached hydrogens (tertiary/aromatic N) is 2. The van der Waals surface area contributed by atoms with Gasteiger partial charge in [-0.05, 0) is 29.8 Å².